The van der Waals surface area contributed by atoms with Crippen molar-refractivity contribution in [1.29, 1.82) is 0 Å². The van der Waals surface area contributed by atoms with Crippen LogP contribution in [0.15, 0.2) is 0 Å². The molecule has 0 aromatic heterocycles. The van der Waals surface area contributed by atoms with Gasteiger partial charge in [-0.2, -0.15) is 11.8 Å². The minimum Gasteiger partial charge on any atom is -0.314 e. The second-order valence-corrected chi connectivity index (χ2v) is 8.47. The summed E-state index contributed by atoms with van der Waals surface area (Å²) in [4.78, 5) is 0. The van der Waals surface area contributed by atoms with Crippen LogP contribution in [0, 0.1) is 5.92 Å². The molecule has 2 N–H and O–H groups in total. The topological polar surface area (TPSA) is 24.1 Å². The second kappa shape index (κ2) is 7.51. The van der Waals surface area contributed by atoms with Crippen LogP contribution in [0.2, 0.25) is 0 Å². The van der Waals surface area contributed by atoms with Crippen LogP contribution in [0.4, 0.5) is 0 Å². The molecule has 5 atom stereocenters. The van der Waals surface area contributed by atoms with Crippen LogP contribution in [0.1, 0.15) is 64.7 Å². The first-order valence-corrected chi connectivity index (χ1v) is 10.0. The van der Waals surface area contributed by atoms with Gasteiger partial charge in [-0.15, -0.1) is 0 Å². The molecule has 0 aromatic carbocycles. The second-order valence-electron chi connectivity index (χ2n) is 6.96. The van der Waals surface area contributed by atoms with Crippen molar-refractivity contribution in [2.24, 2.45) is 5.92 Å². The van der Waals surface area contributed by atoms with E-state index >= 15 is 0 Å². The highest BCUT2D eigenvalue weighted by atomic mass is 32.2. The molecule has 0 amide bonds. The first-order chi connectivity index (χ1) is 9.88. The minimum absolute atomic E-state index is 0.794. The highest BCUT2D eigenvalue weighted by Crippen LogP contribution is 2.35. The average molecular weight is 297 g/mol. The van der Waals surface area contributed by atoms with Crippen molar-refractivity contribution in [3.8, 4) is 0 Å². The van der Waals surface area contributed by atoms with Crippen molar-refractivity contribution >= 4 is 11.8 Å². The molecule has 20 heavy (non-hydrogen) atoms. The van der Waals surface area contributed by atoms with E-state index in [9.17, 15) is 0 Å². The summed E-state index contributed by atoms with van der Waals surface area (Å²) in [7, 11) is 0. The molecule has 3 aliphatic rings. The molecule has 2 nitrogen and oxygen atoms in total. The first-order valence-electron chi connectivity index (χ1n) is 8.99. The summed E-state index contributed by atoms with van der Waals surface area (Å²) >= 11 is 2.19. The third-order valence-electron chi connectivity index (χ3n) is 5.70. The predicted molar refractivity (Wildman–Crippen MR) is 89.5 cm³/mol. The molecule has 1 heterocycles. The summed E-state index contributed by atoms with van der Waals surface area (Å²) in [6.45, 7) is 3.57. The smallest absolute Gasteiger partial charge is 0.0201 e. The summed E-state index contributed by atoms with van der Waals surface area (Å²) in [5.41, 5.74) is 0. The third-order valence-corrected chi connectivity index (χ3v) is 7.02. The van der Waals surface area contributed by atoms with Crippen molar-refractivity contribution in [1.82, 2.24) is 10.6 Å². The molecule has 2 aliphatic carbocycles. The fourth-order valence-electron chi connectivity index (χ4n) is 4.73. The molecule has 0 aromatic rings. The lowest BCUT2D eigenvalue weighted by Gasteiger charge is -2.39. The van der Waals surface area contributed by atoms with Gasteiger partial charge < -0.3 is 10.6 Å². The summed E-state index contributed by atoms with van der Waals surface area (Å²) in [5, 5.41) is 8.78. The largest absolute Gasteiger partial charge is 0.314 e. The van der Waals surface area contributed by atoms with Gasteiger partial charge in [0.2, 0.25) is 0 Å². The zero-order valence-electron chi connectivity index (χ0n) is 13.1. The van der Waals surface area contributed by atoms with Crippen molar-refractivity contribution in [3.05, 3.63) is 0 Å². The van der Waals surface area contributed by atoms with E-state index in [1.165, 1.54) is 70.1 Å². The van der Waals surface area contributed by atoms with E-state index in [4.69, 9.17) is 0 Å². The monoisotopic (exact) mass is 296 g/mol. The Hall–Kier alpha value is 0.270. The van der Waals surface area contributed by atoms with Crippen molar-refractivity contribution in [3.63, 3.8) is 0 Å². The maximum absolute atomic E-state index is 4.12. The number of rotatable bonds is 5. The molecule has 3 fully saturated rings. The van der Waals surface area contributed by atoms with Crippen LogP contribution in [-0.4, -0.2) is 35.7 Å². The van der Waals surface area contributed by atoms with Crippen molar-refractivity contribution in [2.45, 2.75) is 88.1 Å². The highest BCUT2D eigenvalue weighted by molar-refractivity contribution is 7.99. The van der Waals surface area contributed by atoms with Gasteiger partial charge >= 0.3 is 0 Å². The summed E-state index contributed by atoms with van der Waals surface area (Å²) < 4.78 is 0. The maximum atomic E-state index is 4.12. The molecule has 0 bridgehead atoms. The Labute approximate surface area is 129 Å². The zero-order valence-corrected chi connectivity index (χ0v) is 13.9. The summed E-state index contributed by atoms with van der Waals surface area (Å²) in [6.07, 6.45) is 12.9. The Bertz CT molecular complexity index is 291. The van der Waals surface area contributed by atoms with Crippen LogP contribution in [0.25, 0.3) is 0 Å². The lowest BCUT2D eigenvalue weighted by Crippen LogP contribution is -2.51. The van der Waals surface area contributed by atoms with E-state index in [-0.39, 0.29) is 0 Å². The molecule has 1 saturated heterocycles. The molecular formula is C17H32N2S. The van der Waals surface area contributed by atoms with Crippen LogP contribution in [0.5, 0.6) is 0 Å². The van der Waals surface area contributed by atoms with E-state index in [0.29, 0.717) is 0 Å². The van der Waals surface area contributed by atoms with Gasteiger partial charge in [0.15, 0.2) is 0 Å². The van der Waals surface area contributed by atoms with Crippen LogP contribution in [-0.2, 0) is 0 Å². The minimum atomic E-state index is 0.794. The molecule has 1 aliphatic heterocycles. The molecule has 3 heteroatoms. The molecule has 0 radical (unpaired) electrons. The van der Waals surface area contributed by atoms with E-state index in [0.717, 1.165) is 29.3 Å². The Kier molecular flexibility index (Phi) is 5.70. The normalized spacial score (nSPS) is 42.1. The number of hydrogen-bond donors (Lipinski definition) is 2. The van der Waals surface area contributed by atoms with Gasteiger partial charge in [-0.3, -0.25) is 0 Å². The van der Waals surface area contributed by atoms with E-state index in [2.05, 4.69) is 29.3 Å². The highest BCUT2D eigenvalue weighted by Gasteiger charge is 2.36. The van der Waals surface area contributed by atoms with E-state index in [1.807, 2.05) is 0 Å². The van der Waals surface area contributed by atoms with Crippen LogP contribution in [0.3, 0.4) is 0 Å². The number of nitrogens with one attached hydrogen (secondary N) is 2. The molecule has 5 unspecified atom stereocenters. The lowest BCUT2D eigenvalue weighted by atomic mass is 9.79. The van der Waals surface area contributed by atoms with Gasteiger partial charge in [-0.05, 0) is 56.7 Å². The fraction of sp³-hybridized carbons (Fsp3) is 1.00. The SMILES string of the molecule is CCSC1CCCC1NC1CCCCC1C1CCCN1. The van der Waals surface area contributed by atoms with E-state index < -0.39 is 0 Å². The van der Waals surface area contributed by atoms with Gasteiger partial charge in [0.1, 0.15) is 0 Å². The van der Waals surface area contributed by atoms with Gasteiger partial charge in [0.05, 0.1) is 0 Å². The number of hydrogen-bond acceptors (Lipinski definition) is 3. The molecule has 116 valence electrons. The van der Waals surface area contributed by atoms with Gasteiger partial charge in [-0.25, -0.2) is 0 Å². The summed E-state index contributed by atoms with van der Waals surface area (Å²) in [6, 6.07) is 2.40. The Morgan fingerprint density at radius 2 is 1.80 bits per heavy atom. The standard InChI is InChI=1S/C17H32N2S/c1-2-20-17-11-5-9-16(17)19-15-8-4-3-7-13(15)14-10-6-12-18-14/h13-19H,2-12H2,1H3. The van der Waals surface area contributed by atoms with Gasteiger partial charge in [0, 0.05) is 23.4 Å². The average Bonchev–Trinajstić information content (AvgIpc) is 3.12. The third kappa shape index (κ3) is 3.53. The Morgan fingerprint density at radius 1 is 0.950 bits per heavy atom. The van der Waals surface area contributed by atoms with Gasteiger partial charge in [-0.1, -0.05) is 26.2 Å². The quantitative estimate of drug-likeness (QED) is 0.811. The van der Waals surface area contributed by atoms with E-state index in [1.54, 1.807) is 0 Å². The predicted octanol–water partition coefficient (Wildman–Crippen LogP) is 3.56. The molecule has 3 rings (SSSR count). The van der Waals surface area contributed by atoms with Crippen LogP contribution < -0.4 is 10.6 Å². The summed E-state index contributed by atoms with van der Waals surface area (Å²) in [5.74, 6) is 2.18. The molecule has 2 saturated carbocycles. The number of thioether (sulfide) groups is 1. The fourth-order valence-corrected chi connectivity index (χ4v) is 5.94. The van der Waals surface area contributed by atoms with Crippen LogP contribution >= 0.6 is 11.8 Å². The first kappa shape index (κ1) is 15.2. The molecular weight excluding hydrogens is 264 g/mol. The Morgan fingerprint density at radius 3 is 2.60 bits per heavy atom. The van der Waals surface area contributed by atoms with Gasteiger partial charge in [0.25, 0.3) is 0 Å². The lowest BCUT2D eigenvalue weighted by molar-refractivity contribution is 0.201. The maximum Gasteiger partial charge on any atom is 0.0201 e. The van der Waals surface area contributed by atoms with Crippen molar-refractivity contribution in [2.75, 3.05) is 12.3 Å². The zero-order chi connectivity index (χ0) is 13.8. The van der Waals surface area contributed by atoms with Crippen molar-refractivity contribution < 1.29 is 0 Å². The Balaban J connectivity index is 1.58. The molecule has 0 spiro atoms.